The molecule has 0 radical (unpaired) electrons. The van der Waals surface area contributed by atoms with Crippen LogP contribution in [0.2, 0.25) is 0 Å². The Labute approximate surface area is 105 Å². The van der Waals surface area contributed by atoms with E-state index in [4.69, 9.17) is 10.5 Å². The molecule has 1 fully saturated rings. The van der Waals surface area contributed by atoms with E-state index in [1.54, 1.807) is 11.3 Å². The highest BCUT2D eigenvalue weighted by Gasteiger charge is 2.29. The van der Waals surface area contributed by atoms with Crippen molar-refractivity contribution >= 4 is 21.4 Å². The topological polar surface area (TPSA) is 35.2 Å². The van der Waals surface area contributed by atoms with Crippen LogP contribution in [0.3, 0.4) is 0 Å². The van der Waals surface area contributed by atoms with Crippen molar-refractivity contribution in [1.29, 1.82) is 0 Å². The molecule has 2 heterocycles. The van der Waals surface area contributed by atoms with E-state index in [0.717, 1.165) is 13.0 Å². The lowest BCUT2D eigenvalue weighted by molar-refractivity contribution is 0.118. The van der Waals surface area contributed by atoms with Gasteiger partial charge in [0.1, 0.15) is 0 Å². The average Bonchev–Trinajstić information content (AvgIpc) is 2.95. The first-order valence-corrected chi connectivity index (χ1v) is 6.97. The van der Waals surface area contributed by atoms with Gasteiger partial charge in [-0.2, -0.15) is 0 Å². The van der Waals surface area contributed by atoms with Gasteiger partial charge < -0.3 is 10.5 Å². The van der Waals surface area contributed by atoms with Crippen LogP contribution in [-0.4, -0.2) is 12.7 Å². The van der Waals surface area contributed by atoms with Gasteiger partial charge in [0.25, 0.3) is 0 Å². The maximum atomic E-state index is 6.41. The molecule has 0 spiro atoms. The molecule has 2 aromatic rings. The van der Waals surface area contributed by atoms with Crippen LogP contribution in [0.1, 0.15) is 24.9 Å². The largest absolute Gasteiger partial charge is 0.378 e. The minimum absolute atomic E-state index is 0.0994. The number of hydrogen-bond acceptors (Lipinski definition) is 3. The minimum Gasteiger partial charge on any atom is -0.378 e. The highest BCUT2D eigenvalue weighted by atomic mass is 32.1. The van der Waals surface area contributed by atoms with Crippen LogP contribution >= 0.6 is 11.3 Å². The zero-order valence-corrected chi connectivity index (χ0v) is 10.7. The molecular weight excluding hydrogens is 230 g/mol. The number of rotatable bonds is 2. The first-order valence-electron chi connectivity index (χ1n) is 6.09. The van der Waals surface area contributed by atoms with Crippen molar-refractivity contribution < 1.29 is 4.74 Å². The third kappa shape index (κ3) is 1.99. The van der Waals surface area contributed by atoms with Gasteiger partial charge in [0.2, 0.25) is 0 Å². The van der Waals surface area contributed by atoms with Gasteiger partial charge in [0, 0.05) is 16.7 Å². The molecule has 17 heavy (non-hydrogen) atoms. The molecule has 2 nitrogen and oxygen atoms in total. The molecule has 90 valence electrons. The fraction of sp³-hybridized carbons (Fsp3) is 0.429. The monoisotopic (exact) mass is 247 g/mol. The average molecular weight is 247 g/mol. The Balaban J connectivity index is 1.95. The van der Waals surface area contributed by atoms with E-state index in [1.807, 2.05) is 0 Å². The van der Waals surface area contributed by atoms with E-state index >= 15 is 0 Å². The van der Waals surface area contributed by atoms with E-state index in [0.29, 0.717) is 12.0 Å². The highest BCUT2D eigenvalue weighted by molar-refractivity contribution is 7.17. The van der Waals surface area contributed by atoms with Gasteiger partial charge in [-0.3, -0.25) is 0 Å². The Hall–Kier alpha value is -0.900. The van der Waals surface area contributed by atoms with Gasteiger partial charge in [-0.1, -0.05) is 18.2 Å². The summed E-state index contributed by atoms with van der Waals surface area (Å²) in [6.07, 6.45) is 1.43. The smallest absolute Gasteiger partial charge is 0.0551 e. The lowest BCUT2D eigenvalue weighted by atomic mass is 9.91. The van der Waals surface area contributed by atoms with E-state index in [1.165, 1.54) is 15.6 Å². The summed E-state index contributed by atoms with van der Waals surface area (Å²) in [6.45, 7) is 2.92. The van der Waals surface area contributed by atoms with Crippen LogP contribution in [0, 0.1) is 5.92 Å². The zero-order valence-electron chi connectivity index (χ0n) is 9.93. The van der Waals surface area contributed by atoms with Crippen molar-refractivity contribution in [3.63, 3.8) is 0 Å². The van der Waals surface area contributed by atoms with E-state index in [-0.39, 0.29) is 6.04 Å². The fourth-order valence-electron chi connectivity index (χ4n) is 2.63. The molecule has 3 atom stereocenters. The standard InChI is InChI=1S/C14H17NOS/c1-9-7-11(8-16-9)13(15)12-4-2-3-10-5-6-17-14(10)12/h2-6,9,11,13H,7-8,15H2,1H3. The maximum absolute atomic E-state index is 6.41. The third-order valence-corrected chi connectivity index (χ3v) is 4.59. The molecule has 1 saturated heterocycles. The number of nitrogens with two attached hydrogens (primary N) is 1. The van der Waals surface area contributed by atoms with Crippen molar-refractivity contribution in [2.45, 2.75) is 25.5 Å². The maximum Gasteiger partial charge on any atom is 0.0551 e. The summed E-state index contributed by atoms with van der Waals surface area (Å²) in [5.41, 5.74) is 7.69. The number of benzene rings is 1. The molecule has 3 rings (SSSR count). The van der Waals surface area contributed by atoms with Crippen LogP contribution in [0.15, 0.2) is 29.6 Å². The van der Waals surface area contributed by atoms with Crippen LogP contribution in [0.4, 0.5) is 0 Å². The Morgan fingerprint density at radius 3 is 3.06 bits per heavy atom. The lowest BCUT2D eigenvalue weighted by Gasteiger charge is -2.18. The van der Waals surface area contributed by atoms with E-state index in [9.17, 15) is 0 Å². The number of hydrogen-bond donors (Lipinski definition) is 1. The second-order valence-electron chi connectivity index (χ2n) is 4.85. The normalized spacial score (nSPS) is 26.5. The summed E-state index contributed by atoms with van der Waals surface area (Å²) >= 11 is 1.78. The van der Waals surface area contributed by atoms with Gasteiger partial charge >= 0.3 is 0 Å². The SMILES string of the molecule is CC1CC(C(N)c2cccc3ccsc23)CO1. The van der Waals surface area contributed by atoms with Gasteiger partial charge in [0.05, 0.1) is 12.7 Å². The summed E-state index contributed by atoms with van der Waals surface area (Å²) < 4.78 is 6.96. The van der Waals surface area contributed by atoms with Crippen LogP contribution in [0.5, 0.6) is 0 Å². The van der Waals surface area contributed by atoms with Crippen LogP contribution in [-0.2, 0) is 4.74 Å². The summed E-state index contributed by atoms with van der Waals surface area (Å²) in [5.74, 6) is 0.456. The molecule has 0 bridgehead atoms. The summed E-state index contributed by atoms with van der Waals surface area (Å²) in [6, 6.07) is 8.66. The molecule has 0 saturated carbocycles. The van der Waals surface area contributed by atoms with Gasteiger partial charge in [-0.15, -0.1) is 11.3 Å². The van der Waals surface area contributed by atoms with Crippen molar-refractivity contribution in [1.82, 2.24) is 0 Å². The van der Waals surface area contributed by atoms with Gasteiger partial charge in [-0.25, -0.2) is 0 Å². The van der Waals surface area contributed by atoms with Crippen molar-refractivity contribution in [3.8, 4) is 0 Å². The predicted molar refractivity (Wildman–Crippen MR) is 72.3 cm³/mol. The summed E-state index contributed by atoms with van der Waals surface area (Å²) in [5, 5.41) is 3.43. The summed E-state index contributed by atoms with van der Waals surface area (Å²) in [7, 11) is 0. The van der Waals surface area contributed by atoms with E-state index < -0.39 is 0 Å². The first kappa shape index (κ1) is 11.2. The number of fused-ring (bicyclic) bond motifs is 1. The Morgan fingerprint density at radius 1 is 1.41 bits per heavy atom. The number of ether oxygens (including phenoxy) is 1. The first-order chi connectivity index (χ1) is 8.25. The highest BCUT2D eigenvalue weighted by Crippen LogP contribution is 2.35. The van der Waals surface area contributed by atoms with Gasteiger partial charge in [0.15, 0.2) is 0 Å². The zero-order chi connectivity index (χ0) is 11.8. The second kappa shape index (κ2) is 4.41. The molecule has 2 N–H and O–H groups in total. The Kier molecular flexibility index (Phi) is 2.90. The molecule has 1 aromatic carbocycles. The van der Waals surface area contributed by atoms with Crippen molar-refractivity contribution in [2.75, 3.05) is 6.61 Å². The molecular formula is C14H17NOS. The molecule has 0 aliphatic carbocycles. The predicted octanol–water partition coefficient (Wildman–Crippen LogP) is 3.33. The van der Waals surface area contributed by atoms with Crippen LogP contribution < -0.4 is 5.73 Å². The van der Waals surface area contributed by atoms with Crippen LogP contribution in [0.25, 0.3) is 10.1 Å². The molecule has 1 aromatic heterocycles. The van der Waals surface area contributed by atoms with Crippen molar-refractivity contribution in [3.05, 3.63) is 35.2 Å². The summed E-state index contributed by atoms with van der Waals surface area (Å²) in [4.78, 5) is 0. The molecule has 0 amide bonds. The van der Waals surface area contributed by atoms with E-state index in [2.05, 4.69) is 36.6 Å². The second-order valence-corrected chi connectivity index (χ2v) is 5.77. The van der Waals surface area contributed by atoms with Gasteiger partial charge in [-0.05, 0) is 35.7 Å². The molecule has 3 heteroatoms. The lowest BCUT2D eigenvalue weighted by Crippen LogP contribution is -2.21. The fourth-order valence-corrected chi connectivity index (χ4v) is 3.60. The molecule has 3 unspecified atom stereocenters. The van der Waals surface area contributed by atoms with Crippen molar-refractivity contribution in [2.24, 2.45) is 11.7 Å². The number of thiophene rings is 1. The Morgan fingerprint density at radius 2 is 2.29 bits per heavy atom. The minimum atomic E-state index is 0.0994. The third-order valence-electron chi connectivity index (χ3n) is 3.61. The quantitative estimate of drug-likeness (QED) is 0.883. The Bertz CT molecular complexity index is 522. The molecule has 1 aliphatic rings. The molecule has 1 aliphatic heterocycles.